The summed E-state index contributed by atoms with van der Waals surface area (Å²) in [5.41, 5.74) is 3.70. The van der Waals surface area contributed by atoms with Gasteiger partial charge in [-0.15, -0.1) is 0 Å². The summed E-state index contributed by atoms with van der Waals surface area (Å²) >= 11 is 1.61. The number of nitrogens with zero attached hydrogens (tertiary/aromatic N) is 2. The lowest BCUT2D eigenvalue weighted by molar-refractivity contribution is 0.628. The zero-order valence-corrected chi connectivity index (χ0v) is 12.0. The van der Waals surface area contributed by atoms with E-state index < -0.39 is 0 Å². The number of hydrogen-bond acceptors (Lipinski definition) is 3. The Balaban J connectivity index is 2.03. The topological polar surface area (TPSA) is 52.5 Å². The van der Waals surface area contributed by atoms with Crippen molar-refractivity contribution in [2.24, 2.45) is 0 Å². The van der Waals surface area contributed by atoms with Gasteiger partial charge in [0.15, 0.2) is 0 Å². The van der Waals surface area contributed by atoms with Crippen molar-refractivity contribution in [3.8, 4) is 28.7 Å². The maximum absolute atomic E-state index is 13.0. The molecule has 0 atom stereocenters. The van der Waals surface area contributed by atoms with Crippen LogP contribution in [0.3, 0.4) is 0 Å². The van der Waals surface area contributed by atoms with E-state index in [-0.39, 0.29) is 5.82 Å². The Morgan fingerprint density at radius 2 is 2.00 bits per heavy atom. The number of aryl methyl sites for hydroxylation is 1. The molecule has 0 radical (unpaired) electrons. The van der Waals surface area contributed by atoms with E-state index in [4.69, 9.17) is 5.26 Å². The molecule has 0 aliphatic heterocycles. The van der Waals surface area contributed by atoms with Gasteiger partial charge in [-0.1, -0.05) is 0 Å². The predicted octanol–water partition coefficient (Wildman–Crippen LogP) is 4.40. The number of aromatic amines is 1. The van der Waals surface area contributed by atoms with E-state index in [2.05, 4.69) is 16.0 Å². The van der Waals surface area contributed by atoms with Crippen LogP contribution in [0.2, 0.25) is 0 Å². The van der Waals surface area contributed by atoms with Crippen molar-refractivity contribution in [2.75, 3.05) is 0 Å². The van der Waals surface area contributed by atoms with Crippen molar-refractivity contribution in [1.82, 2.24) is 9.97 Å². The van der Waals surface area contributed by atoms with Crippen molar-refractivity contribution in [3.05, 3.63) is 52.6 Å². The van der Waals surface area contributed by atoms with Gasteiger partial charge in [0.05, 0.1) is 17.5 Å². The molecule has 2 heterocycles. The van der Waals surface area contributed by atoms with Gasteiger partial charge in [-0.3, -0.25) is 0 Å². The molecule has 3 aromatic rings. The molecule has 3 rings (SSSR count). The number of rotatable bonds is 4. The fourth-order valence-corrected chi connectivity index (χ4v) is 2.80. The van der Waals surface area contributed by atoms with Gasteiger partial charge in [0.1, 0.15) is 11.6 Å². The first-order valence-electron chi connectivity index (χ1n) is 6.52. The van der Waals surface area contributed by atoms with Crippen molar-refractivity contribution >= 4 is 11.3 Å². The zero-order chi connectivity index (χ0) is 14.7. The van der Waals surface area contributed by atoms with Crippen LogP contribution in [0.4, 0.5) is 4.39 Å². The third-order valence-corrected chi connectivity index (χ3v) is 3.86. The highest BCUT2D eigenvalue weighted by atomic mass is 32.1. The second-order valence-electron chi connectivity index (χ2n) is 4.58. The average Bonchev–Trinajstić information content (AvgIpc) is 3.15. The Morgan fingerprint density at radius 1 is 1.19 bits per heavy atom. The van der Waals surface area contributed by atoms with Gasteiger partial charge in [-0.25, -0.2) is 9.37 Å². The molecule has 0 saturated carbocycles. The second-order valence-corrected chi connectivity index (χ2v) is 5.36. The minimum Gasteiger partial charge on any atom is -0.338 e. The van der Waals surface area contributed by atoms with Crippen molar-refractivity contribution in [2.45, 2.75) is 12.8 Å². The summed E-state index contributed by atoms with van der Waals surface area (Å²) in [4.78, 5) is 7.87. The molecule has 104 valence electrons. The van der Waals surface area contributed by atoms with E-state index in [1.54, 1.807) is 23.5 Å². The second kappa shape index (κ2) is 5.90. The highest BCUT2D eigenvalue weighted by Gasteiger charge is 2.13. The molecule has 0 aliphatic rings. The first kappa shape index (κ1) is 13.5. The van der Waals surface area contributed by atoms with Crippen LogP contribution in [-0.4, -0.2) is 9.97 Å². The van der Waals surface area contributed by atoms with E-state index in [1.165, 1.54) is 12.1 Å². The van der Waals surface area contributed by atoms with E-state index in [0.717, 1.165) is 22.5 Å². The third kappa shape index (κ3) is 2.86. The van der Waals surface area contributed by atoms with Gasteiger partial charge in [0, 0.05) is 29.3 Å². The summed E-state index contributed by atoms with van der Waals surface area (Å²) in [6.45, 7) is 0. The highest BCUT2D eigenvalue weighted by molar-refractivity contribution is 7.08. The fraction of sp³-hybridized carbons (Fsp3) is 0.125. The average molecular weight is 297 g/mol. The molecule has 21 heavy (non-hydrogen) atoms. The summed E-state index contributed by atoms with van der Waals surface area (Å²) in [5.74, 6) is 0.428. The molecule has 5 heteroatoms. The Morgan fingerprint density at radius 3 is 2.67 bits per heavy atom. The standard InChI is InChI=1S/C16H12FN3S/c17-13-5-3-11(4-6-13)16-19-14(2-1-8-18)15(20-16)12-7-9-21-10-12/h3-7,9-10H,1-2H2,(H,19,20). The molecule has 0 spiro atoms. The molecule has 0 saturated heterocycles. The van der Waals surface area contributed by atoms with Gasteiger partial charge >= 0.3 is 0 Å². The van der Waals surface area contributed by atoms with Crippen LogP contribution in [0.25, 0.3) is 22.6 Å². The maximum Gasteiger partial charge on any atom is 0.138 e. The Kier molecular flexibility index (Phi) is 3.80. The van der Waals surface area contributed by atoms with Gasteiger partial charge < -0.3 is 4.98 Å². The molecule has 0 amide bonds. The Bertz CT molecular complexity index is 767. The minimum atomic E-state index is -0.270. The number of thiophene rings is 1. The number of imidazole rings is 1. The largest absolute Gasteiger partial charge is 0.338 e. The van der Waals surface area contributed by atoms with Crippen LogP contribution >= 0.6 is 11.3 Å². The monoisotopic (exact) mass is 297 g/mol. The molecule has 0 unspecified atom stereocenters. The molecular formula is C16H12FN3S. The Labute approximate surface area is 125 Å². The van der Waals surface area contributed by atoms with E-state index >= 15 is 0 Å². The van der Waals surface area contributed by atoms with Gasteiger partial charge in [-0.05, 0) is 35.7 Å². The summed E-state index contributed by atoms with van der Waals surface area (Å²) < 4.78 is 13.0. The quantitative estimate of drug-likeness (QED) is 0.776. The van der Waals surface area contributed by atoms with E-state index in [0.29, 0.717) is 18.7 Å². The number of nitriles is 1. The smallest absolute Gasteiger partial charge is 0.138 e. The molecule has 0 fully saturated rings. The zero-order valence-electron chi connectivity index (χ0n) is 11.1. The van der Waals surface area contributed by atoms with Crippen LogP contribution < -0.4 is 0 Å². The summed E-state index contributed by atoms with van der Waals surface area (Å²) in [7, 11) is 0. The van der Waals surface area contributed by atoms with Crippen LogP contribution in [0.1, 0.15) is 12.1 Å². The van der Waals surface area contributed by atoms with Gasteiger partial charge in [-0.2, -0.15) is 16.6 Å². The number of halogens is 1. The molecule has 1 N–H and O–H groups in total. The highest BCUT2D eigenvalue weighted by Crippen LogP contribution is 2.28. The van der Waals surface area contributed by atoms with E-state index in [1.807, 2.05) is 16.8 Å². The van der Waals surface area contributed by atoms with Crippen LogP contribution in [0, 0.1) is 17.1 Å². The lowest BCUT2D eigenvalue weighted by Gasteiger charge is -1.97. The molecule has 3 nitrogen and oxygen atoms in total. The number of benzene rings is 1. The number of nitrogens with one attached hydrogen (secondary N) is 1. The third-order valence-electron chi connectivity index (χ3n) is 3.18. The van der Waals surface area contributed by atoms with Crippen molar-refractivity contribution in [1.29, 1.82) is 5.26 Å². The number of aromatic nitrogens is 2. The molecule has 1 aromatic carbocycles. The van der Waals surface area contributed by atoms with E-state index in [9.17, 15) is 4.39 Å². The summed E-state index contributed by atoms with van der Waals surface area (Å²) in [6, 6.07) is 10.4. The maximum atomic E-state index is 13.0. The summed E-state index contributed by atoms with van der Waals surface area (Å²) in [5, 5.41) is 12.8. The van der Waals surface area contributed by atoms with Crippen LogP contribution in [-0.2, 0) is 6.42 Å². The van der Waals surface area contributed by atoms with Crippen molar-refractivity contribution in [3.63, 3.8) is 0 Å². The van der Waals surface area contributed by atoms with Gasteiger partial charge in [0.2, 0.25) is 0 Å². The fourth-order valence-electron chi connectivity index (χ4n) is 2.15. The van der Waals surface area contributed by atoms with Crippen LogP contribution in [0.5, 0.6) is 0 Å². The Hall–Kier alpha value is -2.45. The SMILES string of the molecule is N#CCCc1nc(-c2ccc(F)cc2)[nH]c1-c1ccsc1. The van der Waals surface area contributed by atoms with Crippen LogP contribution in [0.15, 0.2) is 41.1 Å². The molecule has 0 aliphatic carbocycles. The predicted molar refractivity (Wildman–Crippen MR) is 81.2 cm³/mol. The molecule has 2 aromatic heterocycles. The normalized spacial score (nSPS) is 10.5. The molecule has 0 bridgehead atoms. The lowest BCUT2D eigenvalue weighted by atomic mass is 10.1. The first-order chi connectivity index (χ1) is 10.3. The number of H-pyrrole nitrogens is 1. The minimum absolute atomic E-state index is 0.270. The van der Waals surface area contributed by atoms with Crippen molar-refractivity contribution < 1.29 is 4.39 Å². The number of hydrogen-bond donors (Lipinski definition) is 1. The lowest BCUT2D eigenvalue weighted by Crippen LogP contribution is -1.87. The summed E-state index contributed by atoms with van der Waals surface area (Å²) in [6.07, 6.45) is 1.02. The van der Waals surface area contributed by atoms with Gasteiger partial charge in [0.25, 0.3) is 0 Å². The first-order valence-corrected chi connectivity index (χ1v) is 7.46. The molecular weight excluding hydrogens is 285 g/mol.